The summed E-state index contributed by atoms with van der Waals surface area (Å²) >= 11 is 6.23. The fourth-order valence-corrected chi connectivity index (χ4v) is 4.04. The lowest BCUT2D eigenvalue weighted by Gasteiger charge is -2.24. The molecule has 0 spiro atoms. The smallest absolute Gasteiger partial charge is 0.452 e. The molecule has 2 atom stereocenters. The maximum Gasteiger partial charge on any atom is 0.452 e. The summed E-state index contributed by atoms with van der Waals surface area (Å²) in [5.41, 5.74) is 2.12. The molecular weight excluding hydrogens is 435 g/mol. The summed E-state index contributed by atoms with van der Waals surface area (Å²) in [6, 6.07) is 9.96. The molecule has 0 radical (unpaired) electrons. The van der Waals surface area contributed by atoms with Crippen LogP contribution in [0.25, 0.3) is 5.69 Å². The van der Waals surface area contributed by atoms with E-state index in [1.807, 2.05) is 13.0 Å². The molecule has 2 aromatic carbocycles. The Morgan fingerprint density at radius 2 is 1.97 bits per heavy atom. The van der Waals surface area contributed by atoms with Crippen molar-refractivity contribution in [3.63, 3.8) is 0 Å². The monoisotopic (exact) mass is 453 g/mol. The zero-order chi connectivity index (χ0) is 22.3. The number of hydrogen-bond donors (Lipinski definition) is 1. The summed E-state index contributed by atoms with van der Waals surface area (Å²) in [4.78, 5) is 0. The van der Waals surface area contributed by atoms with Crippen molar-refractivity contribution in [2.24, 2.45) is 0 Å². The number of methoxy groups -OCH3 is 1. The number of alkyl halides is 3. The number of benzene rings is 2. The van der Waals surface area contributed by atoms with Crippen molar-refractivity contribution < 1.29 is 27.8 Å². The largest absolute Gasteiger partial charge is 0.496 e. The van der Waals surface area contributed by atoms with Gasteiger partial charge < -0.3 is 14.6 Å². The number of nitrogens with zero attached hydrogens (tertiary/aromatic N) is 3. The number of ether oxygens (including phenoxy) is 2. The minimum atomic E-state index is -4.74. The van der Waals surface area contributed by atoms with E-state index in [-0.39, 0.29) is 24.5 Å². The molecule has 0 saturated carbocycles. The number of aliphatic hydroxyl groups excluding tert-OH is 1. The highest BCUT2D eigenvalue weighted by molar-refractivity contribution is 6.30. The molecule has 1 N–H and O–H groups in total. The van der Waals surface area contributed by atoms with Crippen LogP contribution in [0, 0.1) is 6.92 Å². The van der Waals surface area contributed by atoms with Gasteiger partial charge in [-0.15, -0.1) is 10.2 Å². The van der Waals surface area contributed by atoms with Crippen LogP contribution in [0.15, 0.2) is 36.4 Å². The predicted molar refractivity (Wildman–Crippen MR) is 106 cm³/mol. The average Bonchev–Trinajstić information content (AvgIpc) is 3.12. The Morgan fingerprint density at radius 1 is 1.19 bits per heavy atom. The zero-order valence-corrected chi connectivity index (χ0v) is 17.4. The lowest BCUT2D eigenvalue weighted by atomic mass is 9.95. The Morgan fingerprint density at radius 3 is 2.65 bits per heavy atom. The Bertz CT molecular complexity index is 1120. The van der Waals surface area contributed by atoms with E-state index in [4.69, 9.17) is 21.1 Å². The molecule has 6 nitrogen and oxygen atoms in total. The summed E-state index contributed by atoms with van der Waals surface area (Å²) in [6.07, 6.45) is -6.41. The molecule has 164 valence electrons. The van der Waals surface area contributed by atoms with Gasteiger partial charge in [0.2, 0.25) is 5.82 Å². The Kier molecular flexibility index (Phi) is 5.67. The predicted octanol–water partition coefficient (Wildman–Crippen LogP) is 4.80. The molecule has 2 heterocycles. The molecule has 0 saturated heterocycles. The molecule has 3 aromatic rings. The second-order valence-electron chi connectivity index (χ2n) is 7.11. The Labute approximate surface area is 181 Å². The second kappa shape index (κ2) is 8.14. The van der Waals surface area contributed by atoms with Crippen molar-refractivity contribution in [3.8, 4) is 11.4 Å². The van der Waals surface area contributed by atoms with Gasteiger partial charge in [0.05, 0.1) is 12.8 Å². The average molecular weight is 454 g/mol. The van der Waals surface area contributed by atoms with E-state index in [0.29, 0.717) is 21.9 Å². The van der Waals surface area contributed by atoms with Gasteiger partial charge in [-0.05, 0) is 42.3 Å². The van der Waals surface area contributed by atoms with E-state index in [0.717, 1.165) is 10.1 Å². The molecule has 1 aromatic heterocycles. The van der Waals surface area contributed by atoms with Gasteiger partial charge in [0, 0.05) is 23.6 Å². The fourth-order valence-electron chi connectivity index (χ4n) is 3.86. The first kappa shape index (κ1) is 21.6. The van der Waals surface area contributed by atoms with E-state index in [1.165, 1.54) is 19.2 Å². The van der Waals surface area contributed by atoms with Crippen molar-refractivity contribution in [2.45, 2.75) is 31.7 Å². The highest BCUT2D eigenvalue weighted by Gasteiger charge is 2.43. The molecule has 0 unspecified atom stereocenters. The SMILES string of the molecule is COc1cccc([C@H]2O[C@H](CCO)c3nnc(C(F)(F)F)n3-c3ccc(Cl)cc32)c1C. The molecular formula is C21H19ClF3N3O3. The van der Waals surface area contributed by atoms with E-state index >= 15 is 0 Å². The molecule has 0 amide bonds. The number of aromatic nitrogens is 3. The maximum atomic E-state index is 13.8. The van der Waals surface area contributed by atoms with E-state index in [9.17, 15) is 18.3 Å². The quantitative estimate of drug-likeness (QED) is 0.614. The van der Waals surface area contributed by atoms with Gasteiger partial charge >= 0.3 is 6.18 Å². The van der Waals surface area contributed by atoms with Crippen LogP contribution in [-0.2, 0) is 10.9 Å². The summed E-state index contributed by atoms with van der Waals surface area (Å²) < 4.78 is 53.9. The third kappa shape index (κ3) is 3.77. The minimum Gasteiger partial charge on any atom is -0.496 e. The third-order valence-corrected chi connectivity index (χ3v) is 5.50. The minimum absolute atomic E-state index is 0.0343. The summed E-state index contributed by atoms with van der Waals surface area (Å²) in [5.74, 6) is -0.586. The first-order valence-electron chi connectivity index (χ1n) is 9.48. The van der Waals surface area contributed by atoms with Gasteiger partial charge in [-0.25, -0.2) is 0 Å². The topological polar surface area (TPSA) is 69.4 Å². The highest BCUT2D eigenvalue weighted by Crippen LogP contribution is 2.45. The standard InChI is InChI=1S/C21H19ClF3N3O3/c1-11-13(4-3-5-16(11)30-2)18-14-10-12(22)6-7-15(14)28-19(17(31-18)8-9-29)26-27-20(28)21(23,24)25/h3-7,10,17-18,29H,8-9H2,1-2H3/t17-,18-/m1/s1. The number of hydrogen-bond acceptors (Lipinski definition) is 5. The Balaban J connectivity index is 2.01. The molecule has 1 aliphatic heterocycles. The van der Waals surface area contributed by atoms with Crippen molar-refractivity contribution in [3.05, 3.63) is 69.8 Å². The molecule has 1 aliphatic rings. The van der Waals surface area contributed by atoms with Gasteiger partial charge in [-0.3, -0.25) is 4.57 Å². The van der Waals surface area contributed by atoms with Gasteiger partial charge in [-0.2, -0.15) is 13.2 Å². The van der Waals surface area contributed by atoms with Crippen LogP contribution in [0.3, 0.4) is 0 Å². The van der Waals surface area contributed by atoms with E-state index in [2.05, 4.69) is 10.2 Å². The van der Waals surface area contributed by atoms with Gasteiger partial charge in [0.15, 0.2) is 5.82 Å². The molecule has 31 heavy (non-hydrogen) atoms. The Hall–Kier alpha value is -2.62. The second-order valence-corrected chi connectivity index (χ2v) is 7.55. The van der Waals surface area contributed by atoms with Crippen LogP contribution in [0.4, 0.5) is 13.2 Å². The molecule has 0 bridgehead atoms. The van der Waals surface area contributed by atoms with Crippen LogP contribution < -0.4 is 4.74 Å². The van der Waals surface area contributed by atoms with Gasteiger partial charge in [-0.1, -0.05) is 23.7 Å². The van der Waals surface area contributed by atoms with E-state index in [1.54, 1.807) is 18.2 Å². The zero-order valence-electron chi connectivity index (χ0n) is 16.7. The normalized spacial score (nSPS) is 18.3. The van der Waals surface area contributed by atoms with Gasteiger partial charge in [0.25, 0.3) is 0 Å². The van der Waals surface area contributed by atoms with Crippen molar-refractivity contribution in [1.82, 2.24) is 14.8 Å². The van der Waals surface area contributed by atoms with Crippen molar-refractivity contribution >= 4 is 11.6 Å². The van der Waals surface area contributed by atoms with Crippen LogP contribution in [-0.4, -0.2) is 33.6 Å². The maximum absolute atomic E-state index is 13.8. The van der Waals surface area contributed by atoms with Crippen molar-refractivity contribution in [1.29, 1.82) is 0 Å². The summed E-state index contributed by atoms with van der Waals surface area (Å²) in [5, 5.41) is 17.1. The third-order valence-electron chi connectivity index (χ3n) is 5.26. The van der Waals surface area contributed by atoms with Crippen LogP contribution in [0.5, 0.6) is 5.75 Å². The van der Waals surface area contributed by atoms with Crippen molar-refractivity contribution in [2.75, 3.05) is 13.7 Å². The number of fused-ring (bicyclic) bond motifs is 3. The highest BCUT2D eigenvalue weighted by atomic mass is 35.5. The lowest BCUT2D eigenvalue weighted by molar-refractivity contribution is -0.146. The van der Waals surface area contributed by atoms with Crippen LogP contribution >= 0.6 is 11.6 Å². The molecule has 4 rings (SSSR count). The number of halogens is 4. The number of aliphatic hydroxyl groups is 1. The van der Waals surface area contributed by atoms with Crippen LogP contribution in [0.1, 0.15) is 47.0 Å². The van der Waals surface area contributed by atoms with E-state index < -0.39 is 24.2 Å². The summed E-state index contributed by atoms with van der Waals surface area (Å²) in [6.45, 7) is 1.54. The fraction of sp³-hybridized carbons (Fsp3) is 0.333. The lowest BCUT2D eigenvalue weighted by Crippen LogP contribution is -2.16. The first-order valence-corrected chi connectivity index (χ1v) is 9.86. The molecule has 0 aliphatic carbocycles. The van der Waals surface area contributed by atoms with Gasteiger partial charge in [0.1, 0.15) is 18.0 Å². The molecule has 10 heteroatoms. The number of rotatable bonds is 4. The first-order chi connectivity index (χ1) is 14.8. The van der Waals surface area contributed by atoms with Crippen LogP contribution in [0.2, 0.25) is 5.02 Å². The summed E-state index contributed by atoms with van der Waals surface area (Å²) in [7, 11) is 1.54. The molecule has 0 fully saturated rings.